The van der Waals surface area contributed by atoms with Gasteiger partial charge in [-0.1, -0.05) is 19.3 Å². The first-order valence-corrected chi connectivity index (χ1v) is 7.96. The highest BCUT2D eigenvalue weighted by molar-refractivity contribution is 4.99. The Bertz CT molecular complexity index is 267. The van der Waals surface area contributed by atoms with Gasteiger partial charge in [0.2, 0.25) is 0 Å². The molecule has 0 atom stereocenters. The van der Waals surface area contributed by atoms with Gasteiger partial charge >= 0.3 is 0 Å². The monoisotopic (exact) mass is 251 g/mol. The van der Waals surface area contributed by atoms with E-state index in [0.29, 0.717) is 5.54 Å². The van der Waals surface area contributed by atoms with Gasteiger partial charge in [0.15, 0.2) is 0 Å². The van der Waals surface area contributed by atoms with Gasteiger partial charge in [0, 0.05) is 31.2 Å². The lowest BCUT2D eigenvalue weighted by Gasteiger charge is -2.53. The van der Waals surface area contributed by atoms with Crippen LogP contribution in [-0.4, -0.2) is 61.2 Å². The second-order valence-corrected chi connectivity index (χ2v) is 6.66. The Morgan fingerprint density at radius 1 is 1.00 bits per heavy atom. The van der Waals surface area contributed by atoms with E-state index in [0.717, 1.165) is 6.04 Å². The summed E-state index contributed by atoms with van der Waals surface area (Å²) >= 11 is 0. The minimum Gasteiger partial charge on any atom is -0.317 e. The predicted octanol–water partition coefficient (Wildman–Crippen LogP) is 1.69. The fraction of sp³-hybridized carbons (Fsp3) is 1.00. The average Bonchev–Trinajstić information content (AvgIpc) is 2.44. The molecule has 0 aromatic carbocycles. The molecule has 3 fully saturated rings. The number of piperazine rings is 1. The summed E-state index contributed by atoms with van der Waals surface area (Å²) in [6.45, 7) is 6.37. The van der Waals surface area contributed by atoms with Crippen molar-refractivity contribution in [1.82, 2.24) is 15.1 Å². The molecule has 0 unspecified atom stereocenters. The Morgan fingerprint density at radius 2 is 1.72 bits per heavy atom. The van der Waals surface area contributed by atoms with Gasteiger partial charge in [-0.05, 0) is 45.8 Å². The topological polar surface area (TPSA) is 18.5 Å². The third-order valence-corrected chi connectivity index (χ3v) is 5.64. The van der Waals surface area contributed by atoms with E-state index in [1.54, 1.807) is 0 Å². The van der Waals surface area contributed by atoms with Crippen molar-refractivity contribution in [3.8, 4) is 0 Å². The summed E-state index contributed by atoms with van der Waals surface area (Å²) in [7, 11) is 2.37. The first-order chi connectivity index (χ1) is 8.80. The third-order valence-electron chi connectivity index (χ3n) is 5.64. The quantitative estimate of drug-likeness (QED) is 0.765. The molecule has 3 heteroatoms. The molecule has 0 aromatic heterocycles. The molecule has 3 nitrogen and oxygen atoms in total. The van der Waals surface area contributed by atoms with Crippen molar-refractivity contribution in [3.05, 3.63) is 0 Å². The molecule has 0 aromatic rings. The van der Waals surface area contributed by atoms with Gasteiger partial charge < -0.3 is 5.32 Å². The van der Waals surface area contributed by atoms with Crippen LogP contribution in [0.4, 0.5) is 0 Å². The maximum absolute atomic E-state index is 3.50. The molecule has 3 aliphatic rings. The summed E-state index contributed by atoms with van der Waals surface area (Å²) in [6.07, 6.45) is 9.95. The zero-order valence-corrected chi connectivity index (χ0v) is 12.0. The zero-order valence-electron chi connectivity index (χ0n) is 12.0. The number of hydrogen-bond donors (Lipinski definition) is 1. The van der Waals surface area contributed by atoms with E-state index in [2.05, 4.69) is 22.2 Å². The van der Waals surface area contributed by atoms with Crippen LogP contribution >= 0.6 is 0 Å². The van der Waals surface area contributed by atoms with Crippen molar-refractivity contribution in [2.24, 2.45) is 0 Å². The largest absolute Gasteiger partial charge is 0.317 e. The molecular formula is C15H29N3. The van der Waals surface area contributed by atoms with Crippen LogP contribution in [0.3, 0.4) is 0 Å². The molecule has 104 valence electrons. The van der Waals surface area contributed by atoms with Gasteiger partial charge in [-0.25, -0.2) is 0 Å². The molecule has 2 aliphatic heterocycles. The number of rotatable bonds is 1. The van der Waals surface area contributed by atoms with E-state index in [1.165, 1.54) is 77.7 Å². The van der Waals surface area contributed by atoms with Gasteiger partial charge in [-0.2, -0.15) is 0 Å². The van der Waals surface area contributed by atoms with Crippen LogP contribution < -0.4 is 5.32 Å². The minimum absolute atomic E-state index is 0.529. The van der Waals surface area contributed by atoms with E-state index >= 15 is 0 Å². The number of hydrogen-bond acceptors (Lipinski definition) is 3. The molecule has 1 N–H and O–H groups in total. The number of likely N-dealkylation sites (N-methyl/N-ethyl adjacent to an activating group) is 1. The molecule has 3 rings (SSSR count). The Labute approximate surface area is 112 Å². The van der Waals surface area contributed by atoms with Crippen molar-refractivity contribution < 1.29 is 0 Å². The summed E-state index contributed by atoms with van der Waals surface area (Å²) in [5.74, 6) is 0. The van der Waals surface area contributed by atoms with E-state index in [9.17, 15) is 0 Å². The van der Waals surface area contributed by atoms with Gasteiger partial charge in [0.1, 0.15) is 0 Å². The summed E-state index contributed by atoms with van der Waals surface area (Å²) in [5.41, 5.74) is 0.529. The van der Waals surface area contributed by atoms with E-state index in [1.807, 2.05) is 0 Å². The Balaban J connectivity index is 1.67. The van der Waals surface area contributed by atoms with Gasteiger partial charge in [-0.15, -0.1) is 0 Å². The standard InChI is InChI=1S/C15H29N3/c1-17-11-12-18(14-5-9-16-10-6-14)13-15(17)7-3-2-4-8-15/h14,16H,2-13H2,1H3. The summed E-state index contributed by atoms with van der Waals surface area (Å²) in [5, 5.41) is 3.50. The van der Waals surface area contributed by atoms with Crippen molar-refractivity contribution in [1.29, 1.82) is 0 Å². The molecule has 1 saturated carbocycles. The van der Waals surface area contributed by atoms with Crippen LogP contribution in [-0.2, 0) is 0 Å². The van der Waals surface area contributed by atoms with Crippen LogP contribution in [0.25, 0.3) is 0 Å². The van der Waals surface area contributed by atoms with E-state index in [-0.39, 0.29) is 0 Å². The van der Waals surface area contributed by atoms with Crippen LogP contribution in [0.5, 0.6) is 0 Å². The fourth-order valence-electron chi connectivity index (χ4n) is 4.33. The summed E-state index contributed by atoms with van der Waals surface area (Å²) in [6, 6.07) is 0.860. The Hall–Kier alpha value is -0.120. The van der Waals surface area contributed by atoms with Crippen LogP contribution in [0.15, 0.2) is 0 Å². The van der Waals surface area contributed by atoms with Crippen LogP contribution in [0.1, 0.15) is 44.9 Å². The molecule has 1 spiro atoms. The molecule has 1 aliphatic carbocycles. The first-order valence-electron chi connectivity index (χ1n) is 7.96. The normalized spacial score (nSPS) is 31.8. The predicted molar refractivity (Wildman–Crippen MR) is 75.9 cm³/mol. The summed E-state index contributed by atoms with van der Waals surface area (Å²) in [4.78, 5) is 5.51. The van der Waals surface area contributed by atoms with E-state index < -0.39 is 0 Å². The van der Waals surface area contributed by atoms with Crippen molar-refractivity contribution in [2.75, 3.05) is 39.8 Å². The van der Waals surface area contributed by atoms with Gasteiger partial charge in [0.25, 0.3) is 0 Å². The first kappa shape index (κ1) is 12.9. The van der Waals surface area contributed by atoms with Gasteiger partial charge in [0.05, 0.1) is 0 Å². The SMILES string of the molecule is CN1CCN(C2CCNCC2)CC12CCCCC2. The minimum atomic E-state index is 0.529. The molecule has 0 amide bonds. The second-order valence-electron chi connectivity index (χ2n) is 6.66. The lowest BCUT2D eigenvalue weighted by atomic mass is 9.78. The molecule has 2 saturated heterocycles. The lowest BCUT2D eigenvalue weighted by Crippen LogP contribution is -2.63. The highest BCUT2D eigenvalue weighted by atomic mass is 15.3. The van der Waals surface area contributed by atoms with Crippen molar-refractivity contribution in [3.63, 3.8) is 0 Å². The second kappa shape index (κ2) is 5.48. The molecular weight excluding hydrogens is 222 g/mol. The fourth-order valence-corrected chi connectivity index (χ4v) is 4.33. The molecule has 0 bridgehead atoms. The number of nitrogens with one attached hydrogen (secondary N) is 1. The van der Waals surface area contributed by atoms with Gasteiger partial charge in [-0.3, -0.25) is 9.80 Å². The van der Waals surface area contributed by atoms with Crippen LogP contribution in [0.2, 0.25) is 0 Å². The summed E-state index contributed by atoms with van der Waals surface area (Å²) < 4.78 is 0. The van der Waals surface area contributed by atoms with Crippen LogP contribution in [0, 0.1) is 0 Å². The van der Waals surface area contributed by atoms with Crippen molar-refractivity contribution in [2.45, 2.75) is 56.5 Å². The average molecular weight is 251 g/mol. The molecule has 18 heavy (non-hydrogen) atoms. The molecule has 2 heterocycles. The number of nitrogens with zero attached hydrogens (tertiary/aromatic N) is 2. The number of piperidine rings is 1. The Kier molecular flexibility index (Phi) is 3.92. The van der Waals surface area contributed by atoms with E-state index in [4.69, 9.17) is 0 Å². The smallest absolute Gasteiger partial charge is 0.0334 e. The highest BCUT2D eigenvalue weighted by Gasteiger charge is 2.41. The maximum Gasteiger partial charge on any atom is 0.0334 e. The zero-order chi connectivity index (χ0) is 12.4. The molecule has 0 radical (unpaired) electrons. The Morgan fingerprint density at radius 3 is 2.44 bits per heavy atom. The lowest BCUT2D eigenvalue weighted by molar-refractivity contribution is -0.0305. The third kappa shape index (κ3) is 2.45. The highest BCUT2D eigenvalue weighted by Crippen LogP contribution is 2.36. The maximum atomic E-state index is 3.50. The van der Waals surface area contributed by atoms with Crippen molar-refractivity contribution >= 4 is 0 Å².